The molecule has 2 aliphatic heterocycles. The standard InChI is InChI=1S/C25H24ClF2N5O4/c1-35-21-10-19-15(24(30-13-29-19)31-14-2-3-17(27)16(26)8-14)9-20(21)32-25(34)18(28)4-5-33-11-22-23(12-33)37-7-6-36-22/h2-4,8-10,13,22-23H,5-7,11-12H2,1H3,(H,32,34)(H,29,30,31)/b18-4-/t22-,23-/m0/s1. The largest absolute Gasteiger partial charge is 0.494 e. The van der Waals surface area contributed by atoms with E-state index in [1.165, 1.54) is 37.7 Å². The minimum absolute atomic E-state index is 0.0307. The van der Waals surface area contributed by atoms with Gasteiger partial charge in [0.25, 0.3) is 5.91 Å². The van der Waals surface area contributed by atoms with Crippen molar-refractivity contribution in [2.75, 3.05) is 50.6 Å². The highest BCUT2D eigenvalue weighted by Crippen LogP contribution is 2.34. The third-order valence-electron chi connectivity index (χ3n) is 6.17. The van der Waals surface area contributed by atoms with Crippen molar-refractivity contribution in [2.24, 2.45) is 0 Å². The number of benzene rings is 2. The van der Waals surface area contributed by atoms with Crippen LogP contribution in [0.15, 0.2) is 48.6 Å². The van der Waals surface area contributed by atoms with Crippen molar-refractivity contribution >= 4 is 45.6 Å². The molecule has 0 saturated carbocycles. The molecule has 2 atom stereocenters. The molecular formula is C25H24ClF2N5O4. The van der Waals surface area contributed by atoms with Crippen molar-refractivity contribution in [3.05, 3.63) is 59.4 Å². The van der Waals surface area contributed by atoms with Gasteiger partial charge in [0, 0.05) is 36.8 Å². The monoisotopic (exact) mass is 531 g/mol. The molecule has 194 valence electrons. The zero-order valence-corrected chi connectivity index (χ0v) is 20.6. The molecule has 12 heteroatoms. The van der Waals surface area contributed by atoms with E-state index < -0.39 is 17.6 Å². The summed E-state index contributed by atoms with van der Waals surface area (Å²) in [4.78, 5) is 23.1. The summed E-state index contributed by atoms with van der Waals surface area (Å²) in [5.74, 6) is -1.72. The van der Waals surface area contributed by atoms with E-state index in [1.807, 2.05) is 4.90 Å². The molecule has 1 amide bonds. The van der Waals surface area contributed by atoms with Gasteiger partial charge in [-0.2, -0.15) is 0 Å². The first-order valence-corrected chi connectivity index (χ1v) is 12.0. The van der Waals surface area contributed by atoms with Crippen LogP contribution in [0.3, 0.4) is 0 Å². The lowest BCUT2D eigenvalue weighted by atomic mass is 10.1. The van der Waals surface area contributed by atoms with Crippen LogP contribution < -0.4 is 15.4 Å². The first-order valence-electron chi connectivity index (χ1n) is 11.6. The highest BCUT2D eigenvalue weighted by Gasteiger charge is 2.36. The number of methoxy groups -OCH3 is 1. The highest BCUT2D eigenvalue weighted by atomic mass is 35.5. The van der Waals surface area contributed by atoms with Crippen LogP contribution in [0.2, 0.25) is 5.02 Å². The second-order valence-electron chi connectivity index (χ2n) is 8.59. The average Bonchev–Trinajstić information content (AvgIpc) is 3.32. The molecule has 37 heavy (non-hydrogen) atoms. The normalized spacial score (nSPS) is 20.1. The van der Waals surface area contributed by atoms with Gasteiger partial charge in [-0.25, -0.2) is 18.7 Å². The molecule has 3 heterocycles. The Balaban J connectivity index is 1.33. The van der Waals surface area contributed by atoms with E-state index in [9.17, 15) is 13.6 Å². The number of aromatic nitrogens is 2. The molecule has 0 aliphatic carbocycles. The molecule has 1 aromatic heterocycles. The zero-order valence-electron chi connectivity index (χ0n) is 19.8. The maximum Gasteiger partial charge on any atom is 0.284 e. The number of rotatable bonds is 7. The van der Waals surface area contributed by atoms with E-state index in [1.54, 1.807) is 12.1 Å². The van der Waals surface area contributed by atoms with Crippen LogP contribution in [0, 0.1) is 5.82 Å². The Hall–Kier alpha value is -3.38. The maximum absolute atomic E-state index is 14.7. The fourth-order valence-corrected chi connectivity index (χ4v) is 4.51. The number of carbonyl (C=O) groups is 1. The van der Waals surface area contributed by atoms with E-state index in [4.69, 9.17) is 25.8 Å². The lowest BCUT2D eigenvalue weighted by molar-refractivity contribution is -0.116. The number of hydrogen-bond acceptors (Lipinski definition) is 8. The quantitative estimate of drug-likeness (QED) is 0.440. The molecule has 5 rings (SSSR count). The van der Waals surface area contributed by atoms with Gasteiger partial charge in [0.1, 0.15) is 23.7 Å². The zero-order chi connectivity index (χ0) is 25.9. The van der Waals surface area contributed by atoms with Gasteiger partial charge < -0.3 is 24.8 Å². The number of nitrogens with one attached hydrogen (secondary N) is 2. The van der Waals surface area contributed by atoms with Gasteiger partial charge in [-0.1, -0.05) is 11.6 Å². The molecule has 2 aliphatic rings. The van der Waals surface area contributed by atoms with E-state index in [0.717, 1.165) is 0 Å². The third kappa shape index (κ3) is 5.64. The van der Waals surface area contributed by atoms with Crippen molar-refractivity contribution in [3.8, 4) is 5.75 Å². The van der Waals surface area contributed by atoms with Gasteiger partial charge >= 0.3 is 0 Å². The van der Waals surface area contributed by atoms with Crippen LogP contribution in [0.4, 0.5) is 26.0 Å². The Morgan fingerprint density at radius 2 is 1.97 bits per heavy atom. The van der Waals surface area contributed by atoms with Crippen LogP contribution in [0.25, 0.3) is 10.9 Å². The van der Waals surface area contributed by atoms with Crippen molar-refractivity contribution < 1.29 is 27.8 Å². The van der Waals surface area contributed by atoms with Crippen LogP contribution in [-0.4, -0.2) is 72.9 Å². The van der Waals surface area contributed by atoms with Gasteiger partial charge in [0.15, 0.2) is 5.83 Å². The molecule has 0 spiro atoms. The predicted octanol–water partition coefficient (Wildman–Crippen LogP) is 4.07. The van der Waals surface area contributed by atoms with Gasteiger partial charge in [-0.05, 0) is 30.3 Å². The average molecular weight is 532 g/mol. The number of fused-ring (bicyclic) bond motifs is 2. The van der Waals surface area contributed by atoms with Crippen LogP contribution in [-0.2, 0) is 14.3 Å². The predicted molar refractivity (Wildman–Crippen MR) is 135 cm³/mol. The Morgan fingerprint density at radius 1 is 1.22 bits per heavy atom. The van der Waals surface area contributed by atoms with Gasteiger partial charge in [-0.3, -0.25) is 9.69 Å². The fourth-order valence-electron chi connectivity index (χ4n) is 4.33. The van der Waals surface area contributed by atoms with Crippen LogP contribution in [0.5, 0.6) is 5.75 Å². The van der Waals surface area contributed by atoms with Gasteiger partial charge in [0.05, 0.1) is 48.8 Å². The van der Waals surface area contributed by atoms with E-state index in [0.29, 0.717) is 54.5 Å². The van der Waals surface area contributed by atoms with Crippen molar-refractivity contribution in [1.82, 2.24) is 14.9 Å². The van der Waals surface area contributed by atoms with Crippen molar-refractivity contribution in [1.29, 1.82) is 0 Å². The number of amides is 1. The lowest BCUT2D eigenvalue weighted by Crippen LogP contribution is -2.36. The topological polar surface area (TPSA) is 97.8 Å². The minimum Gasteiger partial charge on any atom is -0.494 e. The summed E-state index contributed by atoms with van der Waals surface area (Å²) in [7, 11) is 1.43. The number of halogens is 3. The Bertz CT molecular complexity index is 1340. The van der Waals surface area contributed by atoms with Gasteiger partial charge in [-0.15, -0.1) is 0 Å². The number of likely N-dealkylation sites (tertiary alicyclic amines) is 1. The smallest absolute Gasteiger partial charge is 0.284 e. The number of nitrogens with zero attached hydrogens (tertiary/aromatic N) is 3. The highest BCUT2D eigenvalue weighted by molar-refractivity contribution is 6.31. The second kappa shape index (κ2) is 10.9. The molecule has 2 fully saturated rings. The van der Waals surface area contributed by atoms with E-state index in [-0.39, 0.29) is 29.5 Å². The summed E-state index contributed by atoms with van der Waals surface area (Å²) in [5.41, 5.74) is 1.24. The number of hydrogen-bond donors (Lipinski definition) is 2. The summed E-state index contributed by atoms with van der Waals surface area (Å²) in [6.07, 6.45) is 2.52. The molecule has 0 radical (unpaired) electrons. The Labute approximate surface area is 216 Å². The molecule has 2 saturated heterocycles. The number of carbonyl (C=O) groups excluding carboxylic acids is 1. The number of ether oxygens (including phenoxy) is 3. The second-order valence-corrected chi connectivity index (χ2v) is 9.00. The summed E-state index contributed by atoms with van der Waals surface area (Å²) in [6.45, 7) is 2.58. The van der Waals surface area contributed by atoms with E-state index >= 15 is 0 Å². The Kier molecular flexibility index (Phi) is 7.47. The number of anilines is 3. The Morgan fingerprint density at radius 3 is 2.68 bits per heavy atom. The maximum atomic E-state index is 14.7. The molecular weight excluding hydrogens is 508 g/mol. The van der Waals surface area contributed by atoms with E-state index in [2.05, 4.69) is 20.6 Å². The summed E-state index contributed by atoms with van der Waals surface area (Å²) < 4.78 is 45.0. The first kappa shape index (κ1) is 25.3. The summed E-state index contributed by atoms with van der Waals surface area (Å²) in [5, 5.41) is 6.09. The molecule has 2 N–H and O–H groups in total. The van der Waals surface area contributed by atoms with Crippen molar-refractivity contribution in [2.45, 2.75) is 12.2 Å². The summed E-state index contributed by atoms with van der Waals surface area (Å²) >= 11 is 5.88. The summed E-state index contributed by atoms with van der Waals surface area (Å²) in [6, 6.07) is 7.34. The van der Waals surface area contributed by atoms with Crippen LogP contribution >= 0.6 is 11.6 Å². The SMILES string of the molecule is COc1cc2ncnc(Nc3ccc(F)c(Cl)c3)c2cc1NC(=O)/C(F)=C/CN1C[C@@H]2OCCO[C@H]2C1. The van der Waals surface area contributed by atoms with Crippen molar-refractivity contribution in [3.63, 3.8) is 0 Å². The first-order chi connectivity index (χ1) is 17.9. The molecule has 2 aromatic carbocycles. The minimum atomic E-state index is -0.928. The third-order valence-corrected chi connectivity index (χ3v) is 6.46. The van der Waals surface area contributed by atoms with Crippen LogP contribution in [0.1, 0.15) is 0 Å². The fraction of sp³-hybridized carbons (Fsp3) is 0.320. The molecule has 0 bridgehead atoms. The lowest BCUT2D eigenvalue weighted by Gasteiger charge is -2.24. The van der Waals surface area contributed by atoms with Gasteiger partial charge in [0.2, 0.25) is 0 Å². The molecule has 0 unspecified atom stereocenters. The molecule has 3 aromatic rings. The molecule has 9 nitrogen and oxygen atoms in total.